The predicted molar refractivity (Wildman–Crippen MR) is 169 cm³/mol. The summed E-state index contributed by atoms with van der Waals surface area (Å²) in [6.07, 6.45) is 22.7. The zero-order valence-corrected chi connectivity index (χ0v) is 26.7. The van der Waals surface area contributed by atoms with Crippen molar-refractivity contribution in [1.29, 1.82) is 0 Å². The van der Waals surface area contributed by atoms with Gasteiger partial charge in [-0.25, -0.2) is 4.79 Å². The summed E-state index contributed by atoms with van der Waals surface area (Å²) in [5, 5.41) is 33.4. The fourth-order valence-corrected chi connectivity index (χ4v) is 5.78. The molecule has 1 saturated heterocycles. The topological polar surface area (TPSA) is 128 Å². The van der Waals surface area contributed by atoms with Crippen molar-refractivity contribution in [3.05, 3.63) is 0 Å². The van der Waals surface area contributed by atoms with E-state index in [0.717, 1.165) is 32.1 Å². The number of aliphatic hydroxyl groups is 3. The van der Waals surface area contributed by atoms with E-state index in [4.69, 9.17) is 10.5 Å². The van der Waals surface area contributed by atoms with Gasteiger partial charge >= 0.3 is 6.03 Å². The van der Waals surface area contributed by atoms with Crippen molar-refractivity contribution in [1.82, 2.24) is 10.2 Å². The number of ether oxygens (including phenoxy) is 1. The lowest BCUT2D eigenvalue weighted by atomic mass is 9.96. The second kappa shape index (κ2) is 25.6. The largest absolute Gasteiger partial charge is 0.394 e. The van der Waals surface area contributed by atoms with Crippen molar-refractivity contribution in [2.75, 3.05) is 19.7 Å². The molecule has 41 heavy (non-hydrogen) atoms. The lowest BCUT2D eigenvalue weighted by Crippen LogP contribution is -2.67. The first-order valence-electron chi connectivity index (χ1n) is 17.4. The van der Waals surface area contributed by atoms with E-state index in [2.05, 4.69) is 19.2 Å². The number of unbranched alkanes of at least 4 members (excludes halogenated alkanes) is 20. The number of nitrogens with one attached hydrogen (secondary N) is 1. The summed E-state index contributed by atoms with van der Waals surface area (Å²) in [6.45, 7) is 5.09. The van der Waals surface area contributed by atoms with Crippen molar-refractivity contribution in [2.45, 2.75) is 186 Å². The van der Waals surface area contributed by atoms with Crippen molar-refractivity contribution < 1.29 is 24.9 Å². The van der Waals surface area contributed by atoms with Gasteiger partial charge in [-0.1, -0.05) is 142 Å². The predicted octanol–water partition coefficient (Wildman–Crippen LogP) is 6.39. The Labute approximate surface area is 252 Å². The monoisotopic (exact) mass is 586 g/mol. The molecule has 0 unspecified atom stereocenters. The summed E-state index contributed by atoms with van der Waals surface area (Å²) in [6, 6.07) is -1.21. The number of amides is 2. The van der Waals surface area contributed by atoms with Crippen LogP contribution in [0.2, 0.25) is 0 Å². The Morgan fingerprint density at radius 1 is 0.683 bits per heavy atom. The van der Waals surface area contributed by atoms with Crippen LogP contribution in [0.4, 0.5) is 4.79 Å². The SMILES string of the molecule is CCCCCCCCCCCCCCN(C(=O)NCCCCCCCCCCCC)[C@@H]1O[C@H](CO)[C@H](O)[C@H](O)[C@@H]1N. The van der Waals surface area contributed by atoms with Gasteiger partial charge in [0.2, 0.25) is 0 Å². The first-order valence-corrected chi connectivity index (χ1v) is 17.4. The number of aliphatic hydroxyl groups excluding tert-OH is 3. The molecule has 0 bridgehead atoms. The average molecular weight is 586 g/mol. The number of rotatable bonds is 26. The molecule has 8 nitrogen and oxygen atoms in total. The summed E-state index contributed by atoms with van der Waals surface area (Å²) in [7, 11) is 0. The minimum Gasteiger partial charge on any atom is -0.394 e. The molecule has 0 aromatic heterocycles. The average Bonchev–Trinajstić information content (AvgIpc) is 2.97. The van der Waals surface area contributed by atoms with Gasteiger partial charge in [-0.2, -0.15) is 0 Å². The molecule has 8 heteroatoms. The third-order valence-electron chi connectivity index (χ3n) is 8.58. The van der Waals surface area contributed by atoms with Crippen molar-refractivity contribution in [3.8, 4) is 0 Å². The molecule has 0 saturated carbocycles. The maximum absolute atomic E-state index is 13.2. The summed E-state index contributed by atoms with van der Waals surface area (Å²) in [5.41, 5.74) is 6.23. The molecule has 1 heterocycles. The van der Waals surface area contributed by atoms with E-state index in [1.54, 1.807) is 4.90 Å². The Morgan fingerprint density at radius 2 is 1.10 bits per heavy atom. The van der Waals surface area contributed by atoms with Crippen LogP contribution in [0, 0.1) is 0 Å². The first kappa shape index (κ1) is 38.1. The third-order valence-corrected chi connectivity index (χ3v) is 8.58. The molecule has 2 amide bonds. The van der Waals surface area contributed by atoms with Crippen LogP contribution in [0.15, 0.2) is 0 Å². The minimum absolute atomic E-state index is 0.260. The van der Waals surface area contributed by atoms with Gasteiger partial charge in [0.05, 0.1) is 12.6 Å². The van der Waals surface area contributed by atoms with Gasteiger partial charge in [0.25, 0.3) is 0 Å². The van der Waals surface area contributed by atoms with Gasteiger partial charge in [0.15, 0.2) is 6.23 Å². The van der Waals surface area contributed by atoms with Gasteiger partial charge < -0.3 is 31.1 Å². The van der Waals surface area contributed by atoms with Crippen molar-refractivity contribution >= 4 is 6.03 Å². The molecule has 5 atom stereocenters. The summed E-state index contributed by atoms with van der Waals surface area (Å²) in [4.78, 5) is 14.8. The number of carbonyl (C=O) groups excluding carboxylic acids is 1. The fraction of sp³-hybridized carbons (Fsp3) is 0.970. The zero-order chi connectivity index (χ0) is 30.1. The number of nitrogens with zero attached hydrogens (tertiary/aromatic N) is 1. The summed E-state index contributed by atoms with van der Waals surface area (Å²) < 4.78 is 5.86. The Hall–Kier alpha value is -0.930. The Kier molecular flexibility index (Phi) is 23.7. The number of urea groups is 1. The molecule has 1 rings (SSSR count). The van der Waals surface area contributed by atoms with Crippen LogP contribution in [-0.4, -0.2) is 76.5 Å². The molecular weight excluding hydrogens is 518 g/mol. The molecular formula is C33H67N3O5. The molecule has 244 valence electrons. The first-order chi connectivity index (χ1) is 20.0. The Morgan fingerprint density at radius 3 is 1.54 bits per heavy atom. The van der Waals surface area contributed by atoms with Crippen LogP contribution in [0.25, 0.3) is 0 Å². The molecule has 0 radical (unpaired) electrons. The number of nitrogens with two attached hydrogens (primary N) is 1. The molecule has 1 aliphatic rings. The lowest BCUT2D eigenvalue weighted by Gasteiger charge is -2.45. The van der Waals surface area contributed by atoms with Crippen molar-refractivity contribution in [2.24, 2.45) is 5.73 Å². The molecule has 6 N–H and O–H groups in total. The smallest absolute Gasteiger partial charge is 0.319 e. The standard InChI is InChI=1S/C33H67N3O5/c1-3-5-7-9-11-13-15-16-18-20-22-24-26-36(32-29(34)31(39)30(38)28(27-37)41-32)33(40)35-25-23-21-19-17-14-12-10-8-6-4-2/h28-32,37-39H,3-27,34H2,1-2H3,(H,35,40)/t28-,29+,30+,31-,32-/m1/s1. The van der Waals surface area contributed by atoms with Crippen LogP contribution in [0.3, 0.4) is 0 Å². The highest BCUT2D eigenvalue weighted by molar-refractivity contribution is 5.74. The van der Waals surface area contributed by atoms with Crippen LogP contribution < -0.4 is 11.1 Å². The van der Waals surface area contributed by atoms with E-state index in [1.165, 1.54) is 109 Å². The number of hydrogen-bond acceptors (Lipinski definition) is 6. The van der Waals surface area contributed by atoms with Gasteiger partial charge in [0.1, 0.15) is 18.3 Å². The quantitative estimate of drug-likeness (QED) is 0.0749. The third kappa shape index (κ3) is 17.1. The summed E-state index contributed by atoms with van der Waals surface area (Å²) in [5.74, 6) is 0. The maximum atomic E-state index is 13.2. The van der Waals surface area contributed by atoms with E-state index >= 15 is 0 Å². The fourth-order valence-electron chi connectivity index (χ4n) is 5.78. The second-order valence-electron chi connectivity index (χ2n) is 12.3. The molecule has 0 aliphatic carbocycles. The highest BCUT2D eigenvalue weighted by Gasteiger charge is 2.45. The second-order valence-corrected chi connectivity index (χ2v) is 12.3. The molecule has 1 fully saturated rings. The van der Waals surface area contributed by atoms with E-state index in [1.807, 2.05) is 0 Å². The molecule has 0 aromatic rings. The van der Waals surface area contributed by atoms with Gasteiger partial charge in [-0.15, -0.1) is 0 Å². The van der Waals surface area contributed by atoms with Gasteiger partial charge in [0, 0.05) is 13.1 Å². The van der Waals surface area contributed by atoms with Crippen molar-refractivity contribution in [3.63, 3.8) is 0 Å². The molecule has 0 aromatic carbocycles. The van der Waals surface area contributed by atoms with Crippen LogP contribution >= 0.6 is 0 Å². The highest BCUT2D eigenvalue weighted by atomic mass is 16.5. The van der Waals surface area contributed by atoms with Crippen LogP contribution in [0.1, 0.15) is 155 Å². The van der Waals surface area contributed by atoms with E-state index < -0.39 is 37.2 Å². The summed E-state index contributed by atoms with van der Waals surface area (Å²) >= 11 is 0. The zero-order valence-electron chi connectivity index (χ0n) is 26.7. The van der Waals surface area contributed by atoms with Gasteiger partial charge in [-0.3, -0.25) is 4.90 Å². The maximum Gasteiger partial charge on any atom is 0.319 e. The normalized spacial score (nSPS) is 22.6. The Balaban J connectivity index is 2.41. The number of hydrogen-bond donors (Lipinski definition) is 5. The lowest BCUT2D eigenvalue weighted by molar-refractivity contribution is -0.218. The molecule has 0 spiro atoms. The Bertz CT molecular complexity index is 609. The minimum atomic E-state index is -1.28. The van der Waals surface area contributed by atoms with E-state index in [9.17, 15) is 20.1 Å². The van der Waals surface area contributed by atoms with E-state index in [-0.39, 0.29) is 6.03 Å². The van der Waals surface area contributed by atoms with Gasteiger partial charge in [-0.05, 0) is 12.8 Å². The molecule has 1 aliphatic heterocycles. The number of carbonyl (C=O) groups is 1. The van der Waals surface area contributed by atoms with Crippen LogP contribution in [-0.2, 0) is 4.74 Å². The van der Waals surface area contributed by atoms with Crippen LogP contribution in [0.5, 0.6) is 0 Å². The van der Waals surface area contributed by atoms with E-state index in [0.29, 0.717) is 13.1 Å². The highest BCUT2D eigenvalue weighted by Crippen LogP contribution is 2.23.